The first-order valence-electron chi connectivity index (χ1n) is 17.3. The van der Waals surface area contributed by atoms with Crippen molar-refractivity contribution in [2.45, 2.75) is 79.9 Å². The van der Waals surface area contributed by atoms with Gasteiger partial charge < -0.3 is 23.8 Å². The number of rotatable bonds is 9. The molecule has 0 unspecified atom stereocenters. The lowest BCUT2D eigenvalue weighted by Crippen LogP contribution is -2.51. The maximum absolute atomic E-state index is 13.0. The summed E-state index contributed by atoms with van der Waals surface area (Å²) in [5.41, 5.74) is 3.77. The highest BCUT2D eigenvalue weighted by Gasteiger charge is 2.45. The van der Waals surface area contributed by atoms with Gasteiger partial charge in [-0.05, 0) is 105 Å². The van der Waals surface area contributed by atoms with Crippen molar-refractivity contribution in [3.05, 3.63) is 76.6 Å². The molecule has 1 aromatic heterocycles. The molecule has 2 aromatic carbocycles. The summed E-state index contributed by atoms with van der Waals surface area (Å²) < 4.78 is 50.2. The smallest absolute Gasteiger partial charge is 0.337 e. The number of anilines is 1. The molecule has 0 radical (unpaired) electrons. The highest BCUT2D eigenvalue weighted by atomic mass is 35.5. The minimum Gasteiger partial charge on any atom is -0.490 e. The van der Waals surface area contributed by atoms with Gasteiger partial charge in [-0.25, -0.2) is 23.2 Å². The average Bonchev–Trinajstić information content (AvgIpc) is 3.25. The second kappa shape index (κ2) is 14.2. The fourth-order valence-corrected chi connectivity index (χ4v) is 9.40. The summed E-state index contributed by atoms with van der Waals surface area (Å²) in [4.78, 5) is 22.9. The van der Waals surface area contributed by atoms with Gasteiger partial charge in [0.05, 0.1) is 49.0 Å². The molecule has 3 aromatic rings. The van der Waals surface area contributed by atoms with Crippen LogP contribution in [0.5, 0.6) is 5.75 Å². The van der Waals surface area contributed by atoms with Crippen LogP contribution in [0, 0.1) is 11.8 Å². The van der Waals surface area contributed by atoms with Crippen molar-refractivity contribution in [2.75, 3.05) is 44.9 Å². The van der Waals surface area contributed by atoms with Gasteiger partial charge in [0, 0.05) is 48.9 Å². The number of nitrogens with zero attached hydrogens (tertiary/aromatic N) is 3. The minimum absolute atomic E-state index is 0.0254. The number of hydrogen-bond donors (Lipinski definition) is 0. The lowest BCUT2D eigenvalue weighted by atomic mass is 9.67. The molecule has 2 aliphatic carbocycles. The standard InChI is InChI=1S/C37H44ClN3O7S/c1-24(49(43,44)36-39-14-4-15-40-36)21-47-29-12-16-46-34(19-29)30-9-6-27(30)20-41-22-37(13-3-5-25-17-28(38)8-10-31(25)37)23-48-33-11-7-26(18-32(33)41)35(42)45-2/h4,7-8,10-11,14-15,17-18,24,27,29-30,34H,3,5-6,9,12-13,16,19-23H2,1-2H3/t24-,27+,29-,30-,34+,37+/m1/s1. The summed E-state index contributed by atoms with van der Waals surface area (Å²) in [6, 6.07) is 13.4. The van der Waals surface area contributed by atoms with Crippen molar-refractivity contribution in [3.63, 3.8) is 0 Å². The number of aryl methyl sites for hydroxylation is 1. The number of esters is 1. The third-order valence-corrected chi connectivity index (χ3v) is 13.2. The number of sulfone groups is 1. The second-order valence-electron chi connectivity index (χ2n) is 14.1. The normalized spacial score (nSPS) is 27.2. The van der Waals surface area contributed by atoms with Crippen LogP contribution in [0.1, 0.15) is 66.9 Å². The van der Waals surface area contributed by atoms with E-state index in [-0.39, 0.29) is 35.4 Å². The van der Waals surface area contributed by atoms with Gasteiger partial charge in [0.1, 0.15) is 5.75 Å². The van der Waals surface area contributed by atoms with Crippen LogP contribution in [-0.4, -0.2) is 81.8 Å². The highest BCUT2D eigenvalue weighted by molar-refractivity contribution is 7.91. The Kier molecular flexibility index (Phi) is 9.89. The first kappa shape index (κ1) is 34.2. The van der Waals surface area contributed by atoms with Crippen LogP contribution in [0.4, 0.5) is 5.69 Å². The predicted molar refractivity (Wildman–Crippen MR) is 185 cm³/mol. The number of hydrogen-bond acceptors (Lipinski definition) is 10. The third kappa shape index (κ3) is 6.92. The fourth-order valence-electron chi connectivity index (χ4n) is 8.17. The Labute approximate surface area is 293 Å². The van der Waals surface area contributed by atoms with E-state index in [4.69, 9.17) is 30.5 Å². The molecular weight excluding hydrogens is 666 g/mol. The number of ether oxygens (including phenoxy) is 4. The quantitative estimate of drug-likeness (QED) is 0.198. The Morgan fingerprint density at radius 1 is 1.14 bits per heavy atom. The number of methoxy groups -OCH3 is 1. The van der Waals surface area contributed by atoms with Crippen LogP contribution >= 0.6 is 11.6 Å². The molecule has 2 aliphatic heterocycles. The number of carbonyl (C=O) groups is 1. The van der Waals surface area contributed by atoms with Gasteiger partial charge in [-0.2, -0.15) is 0 Å². The van der Waals surface area contributed by atoms with E-state index in [1.807, 2.05) is 18.2 Å². The van der Waals surface area contributed by atoms with E-state index in [9.17, 15) is 13.2 Å². The summed E-state index contributed by atoms with van der Waals surface area (Å²) in [5, 5.41) is -0.183. The molecule has 3 heterocycles. The van der Waals surface area contributed by atoms with Crippen LogP contribution in [-0.2, 0) is 35.9 Å². The van der Waals surface area contributed by atoms with Gasteiger partial charge in [0.15, 0.2) is 0 Å². The molecule has 6 atom stereocenters. The van der Waals surface area contributed by atoms with Crippen LogP contribution in [0.15, 0.2) is 60.0 Å². The summed E-state index contributed by atoms with van der Waals surface area (Å²) in [6.45, 7) is 4.41. The number of carbonyl (C=O) groups excluding carboxylic acids is 1. The van der Waals surface area contributed by atoms with E-state index in [1.54, 1.807) is 19.1 Å². The van der Waals surface area contributed by atoms with E-state index in [0.29, 0.717) is 30.6 Å². The van der Waals surface area contributed by atoms with Crippen LogP contribution in [0.25, 0.3) is 0 Å². The van der Waals surface area contributed by atoms with Crippen LogP contribution < -0.4 is 9.64 Å². The molecule has 2 fully saturated rings. The SMILES string of the molecule is COC(=O)c1ccc2c(c1)N(C[C@@H]1CC[C@H]1[C@@H]1C[C@H](OC[C@@H](C)S(=O)(=O)c3ncccn3)CCO1)C[C@@]1(CCCc3cc(Cl)ccc31)CO2. The molecule has 12 heteroatoms. The Hall–Kier alpha value is -3.25. The number of aromatic nitrogens is 2. The number of benzene rings is 2. The zero-order chi connectivity index (χ0) is 34.2. The topological polar surface area (TPSA) is 117 Å². The number of fused-ring (bicyclic) bond motifs is 3. The zero-order valence-corrected chi connectivity index (χ0v) is 29.6. The lowest BCUT2D eigenvalue weighted by Gasteiger charge is -2.47. The first-order chi connectivity index (χ1) is 23.7. The fraction of sp³-hybridized carbons (Fsp3) is 0.541. The monoisotopic (exact) mass is 709 g/mol. The molecule has 1 spiro atoms. The summed E-state index contributed by atoms with van der Waals surface area (Å²) in [5.74, 6) is 1.11. The maximum Gasteiger partial charge on any atom is 0.337 e. The lowest BCUT2D eigenvalue weighted by molar-refractivity contribution is -0.116. The van der Waals surface area contributed by atoms with E-state index in [0.717, 1.165) is 74.5 Å². The zero-order valence-electron chi connectivity index (χ0n) is 28.1. The summed E-state index contributed by atoms with van der Waals surface area (Å²) in [6.07, 6.45) is 9.44. The molecule has 1 saturated heterocycles. The van der Waals surface area contributed by atoms with Crippen LogP contribution in [0.3, 0.4) is 0 Å². The van der Waals surface area contributed by atoms with Gasteiger partial charge >= 0.3 is 5.97 Å². The van der Waals surface area contributed by atoms with Gasteiger partial charge in [0.2, 0.25) is 15.0 Å². The molecule has 4 aliphatic rings. The van der Waals surface area contributed by atoms with Crippen molar-refractivity contribution in [1.29, 1.82) is 0 Å². The van der Waals surface area contributed by atoms with Crippen molar-refractivity contribution in [1.82, 2.24) is 9.97 Å². The number of halogens is 1. The van der Waals surface area contributed by atoms with E-state index < -0.39 is 15.1 Å². The Morgan fingerprint density at radius 2 is 1.98 bits per heavy atom. The Morgan fingerprint density at radius 3 is 2.76 bits per heavy atom. The largest absolute Gasteiger partial charge is 0.490 e. The van der Waals surface area contributed by atoms with Crippen molar-refractivity contribution < 1.29 is 32.2 Å². The Bertz CT molecular complexity index is 1780. The van der Waals surface area contributed by atoms with Crippen molar-refractivity contribution in [2.24, 2.45) is 11.8 Å². The van der Waals surface area contributed by atoms with Crippen LogP contribution in [0.2, 0.25) is 5.02 Å². The van der Waals surface area contributed by atoms with Crippen molar-refractivity contribution >= 4 is 33.1 Å². The molecular formula is C37H44ClN3O7S. The molecule has 262 valence electrons. The highest BCUT2D eigenvalue weighted by Crippen LogP contribution is 2.47. The third-order valence-electron chi connectivity index (χ3n) is 11.0. The predicted octanol–water partition coefficient (Wildman–Crippen LogP) is 5.84. The first-order valence-corrected chi connectivity index (χ1v) is 19.2. The minimum atomic E-state index is -3.69. The average molecular weight is 710 g/mol. The van der Waals surface area contributed by atoms with Gasteiger partial charge in [0.25, 0.3) is 0 Å². The Balaban J connectivity index is 1.08. The summed E-state index contributed by atoms with van der Waals surface area (Å²) in [7, 11) is -2.29. The molecule has 10 nitrogen and oxygen atoms in total. The van der Waals surface area contributed by atoms with Gasteiger partial charge in [-0.3, -0.25) is 0 Å². The molecule has 1 saturated carbocycles. The molecule has 0 bridgehead atoms. The molecule has 0 N–H and O–H groups in total. The molecule has 0 amide bonds. The van der Waals surface area contributed by atoms with Gasteiger partial charge in [-0.15, -0.1) is 0 Å². The van der Waals surface area contributed by atoms with E-state index >= 15 is 0 Å². The van der Waals surface area contributed by atoms with Gasteiger partial charge in [-0.1, -0.05) is 17.7 Å². The maximum atomic E-state index is 13.0. The molecule has 49 heavy (non-hydrogen) atoms. The van der Waals surface area contributed by atoms with Crippen molar-refractivity contribution in [3.8, 4) is 5.75 Å². The summed E-state index contributed by atoms with van der Waals surface area (Å²) >= 11 is 6.44. The second-order valence-corrected chi connectivity index (χ2v) is 16.8. The van der Waals surface area contributed by atoms with E-state index in [2.05, 4.69) is 27.0 Å². The molecule has 7 rings (SSSR count). The van der Waals surface area contributed by atoms with E-state index in [1.165, 1.54) is 30.6 Å².